The molecule has 0 aliphatic rings. The molecule has 0 spiro atoms. The van der Waals surface area contributed by atoms with Crippen LogP contribution in [-0.4, -0.2) is 21.9 Å². The van der Waals surface area contributed by atoms with Gasteiger partial charge < -0.3 is 9.63 Å². The third-order valence-corrected chi connectivity index (χ3v) is 2.84. The van der Waals surface area contributed by atoms with Gasteiger partial charge in [0.15, 0.2) is 5.82 Å². The minimum absolute atomic E-state index is 0.200. The van der Waals surface area contributed by atoms with Crippen molar-refractivity contribution in [3.05, 3.63) is 46.6 Å². The Labute approximate surface area is 111 Å². The van der Waals surface area contributed by atoms with E-state index >= 15 is 0 Å². The molecule has 0 aliphatic carbocycles. The van der Waals surface area contributed by atoms with Gasteiger partial charge in [-0.15, -0.1) is 0 Å². The van der Waals surface area contributed by atoms with E-state index in [1.165, 1.54) is 0 Å². The van der Waals surface area contributed by atoms with Crippen LogP contribution in [0.4, 0.5) is 0 Å². The van der Waals surface area contributed by atoms with Crippen molar-refractivity contribution < 1.29 is 9.63 Å². The second kappa shape index (κ2) is 6.52. The van der Waals surface area contributed by atoms with Gasteiger partial charge in [-0.05, 0) is 30.5 Å². The van der Waals surface area contributed by atoms with E-state index < -0.39 is 0 Å². The van der Waals surface area contributed by atoms with E-state index in [2.05, 4.69) is 10.1 Å². The molecule has 1 aromatic heterocycles. The fourth-order valence-corrected chi connectivity index (χ4v) is 1.76. The summed E-state index contributed by atoms with van der Waals surface area (Å²) in [4.78, 5) is 4.31. The normalized spacial score (nSPS) is 10.8. The summed E-state index contributed by atoms with van der Waals surface area (Å²) in [7, 11) is 0. The SMILES string of the molecule is OCCCCc1nc(Cc2ccc(Cl)cc2)no1. The highest BCUT2D eigenvalue weighted by molar-refractivity contribution is 6.30. The summed E-state index contributed by atoms with van der Waals surface area (Å²) in [6.07, 6.45) is 2.98. The maximum atomic E-state index is 8.69. The predicted octanol–water partition coefficient (Wildman–Crippen LogP) is 2.63. The minimum atomic E-state index is 0.200. The van der Waals surface area contributed by atoms with Gasteiger partial charge in [0.1, 0.15) is 0 Å². The Morgan fingerprint density at radius 3 is 2.67 bits per heavy atom. The van der Waals surface area contributed by atoms with E-state index in [1.807, 2.05) is 24.3 Å². The Morgan fingerprint density at radius 1 is 1.17 bits per heavy atom. The van der Waals surface area contributed by atoms with Gasteiger partial charge in [0, 0.05) is 24.5 Å². The summed E-state index contributed by atoms with van der Waals surface area (Å²) >= 11 is 5.82. The van der Waals surface area contributed by atoms with Crippen molar-refractivity contribution in [3.8, 4) is 0 Å². The molecule has 1 heterocycles. The Bertz CT molecular complexity index is 482. The predicted molar refractivity (Wildman–Crippen MR) is 68.6 cm³/mol. The Balaban J connectivity index is 1.91. The van der Waals surface area contributed by atoms with Crippen molar-refractivity contribution in [2.24, 2.45) is 0 Å². The summed E-state index contributed by atoms with van der Waals surface area (Å²) < 4.78 is 5.14. The van der Waals surface area contributed by atoms with Gasteiger partial charge in [-0.1, -0.05) is 28.9 Å². The van der Waals surface area contributed by atoms with Gasteiger partial charge in [-0.2, -0.15) is 4.98 Å². The molecule has 18 heavy (non-hydrogen) atoms. The van der Waals surface area contributed by atoms with E-state index in [9.17, 15) is 0 Å². The van der Waals surface area contributed by atoms with Crippen molar-refractivity contribution in [1.29, 1.82) is 0 Å². The Morgan fingerprint density at radius 2 is 1.94 bits per heavy atom. The molecule has 0 amide bonds. The summed E-state index contributed by atoms with van der Waals surface area (Å²) in [6.45, 7) is 0.200. The number of aliphatic hydroxyl groups excluding tert-OH is 1. The number of aliphatic hydroxyl groups is 1. The first-order chi connectivity index (χ1) is 8.78. The van der Waals surface area contributed by atoms with E-state index in [0.29, 0.717) is 24.6 Å². The average molecular weight is 267 g/mol. The number of hydrogen-bond donors (Lipinski definition) is 1. The number of aryl methyl sites for hydroxylation is 1. The first kappa shape index (κ1) is 13.1. The van der Waals surface area contributed by atoms with Gasteiger partial charge in [0.25, 0.3) is 0 Å². The molecule has 0 unspecified atom stereocenters. The molecule has 0 saturated carbocycles. The fourth-order valence-electron chi connectivity index (χ4n) is 1.64. The minimum Gasteiger partial charge on any atom is -0.396 e. The zero-order valence-electron chi connectivity index (χ0n) is 9.97. The number of unbranched alkanes of at least 4 members (excludes halogenated alkanes) is 1. The zero-order chi connectivity index (χ0) is 12.8. The van der Waals surface area contributed by atoms with Crippen LogP contribution in [0, 0.1) is 0 Å². The number of halogens is 1. The van der Waals surface area contributed by atoms with E-state index in [0.717, 1.165) is 23.4 Å². The Kier molecular flexibility index (Phi) is 4.73. The summed E-state index contributed by atoms with van der Waals surface area (Å²) in [5, 5.41) is 13.3. The van der Waals surface area contributed by atoms with Crippen LogP contribution in [0.3, 0.4) is 0 Å². The maximum absolute atomic E-state index is 8.69. The highest BCUT2D eigenvalue weighted by Gasteiger charge is 2.06. The number of nitrogens with zero attached hydrogens (tertiary/aromatic N) is 2. The van der Waals surface area contributed by atoms with Crippen molar-refractivity contribution in [3.63, 3.8) is 0 Å². The maximum Gasteiger partial charge on any atom is 0.226 e. The monoisotopic (exact) mass is 266 g/mol. The Hall–Kier alpha value is -1.39. The zero-order valence-corrected chi connectivity index (χ0v) is 10.7. The molecular formula is C13H15ClN2O2. The number of rotatable bonds is 6. The standard InChI is InChI=1S/C13H15ClN2O2/c14-11-6-4-10(5-7-11)9-12-15-13(18-16-12)3-1-2-8-17/h4-7,17H,1-3,8-9H2. The lowest BCUT2D eigenvalue weighted by molar-refractivity contribution is 0.280. The molecule has 2 rings (SSSR count). The first-order valence-corrected chi connectivity index (χ1v) is 6.32. The van der Waals surface area contributed by atoms with E-state index in [1.54, 1.807) is 0 Å². The van der Waals surface area contributed by atoms with Crippen LogP contribution in [-0.2, 0) is 12.8 Å². The third kappa shape index (κ3) is 3.82. The lowest BCUT2D eigenvalue weighted by atomic mass is 10.1. The molecule has 0 radical (unpaired) electrons. The van der Waals surface area contributed by atoms with E-state index in [-0.39, 0.29) is 6.61 Å². The van der Waals surface area contributed by atoms with Crippen molar-refractivity contribution in [1.82, 2.24) is 10.1 Å². The third-order valence-electron chi connectivity index (χ3n) is 2.58. The summed E-state index contributed by atoms with van der Waals surface area (Å²) in [5.74, 6) is 1.31. The highest BCUT2D eigenvalue weighted by atomic mass is 35.5. The largest absolute Gasteiger partial charge is 0.396 e. The van der Waals surface area contributed by atoms with Gasteiger partial charge in [-0.3, -0.25) is 0 Å². The molecule has 0 aliphatic heterocycles. The van der Waals surface area contributed by atoms with Crippen LogP contribution in [0.15, 0.2) is 28.8 Å². The molecule has 4 nitrogen and oxygen atoms in total. The molecule has 1 N–H and O–H groups in total. The van der Waals surface area contributed by atoms with Crippen LogP contribution in [0.2, 0.25) is 5.02 Å². The number of aromatic nitrogens is 2. The molecule has 0 atom stereocenters. The number of benzene rings is 1. The second-order valence-electron chi connectivity index (χ2n) is 4.09. The van der Waals surface area contributed by atoms with Crippen molar-refractivity contribution in [2.45, 2.75) is 25.7 Å². The molecule has 96 valence electrons. The molecular weight excluding hydrogens is 252 g/mol. The fraction of sp³-hybridized carbons (Fsp3) is 0.385. The average Bonchev–Trinajstić information content (AvgIpc) is 2.80. The molecule has 0 fully saturated rings. The lowest BCUT2D eigenvalue weighted by Crippen LogP contribution is -1.92. The first-order valence-electron chi connectivity index (χ1n) is 5.94. The summed E-state index contributed by atoms with van der Waals surface area (Å²) in [5.41, 5.74) is 1.10. The van der Waals surface area contributed by atoms with Gasteiger partial charge in [0.05, 0.1) is 0 Å². The molecule has 0 saturated heterocycles. The van der Waals surface area contributed by atoms with Gasteiger partial charge in [0.2, 0.25) is 5.89 Å². The highest BCUT2D eigenvalue weighted by Crippen LogP contribution is 2.12. The van der Waals surface area contributed by atoms with E-state index in [4.69, 9.17) is 21.2 Å². The quantitative estimate of drug-likeness (QED) is 0.817. The molecule has 1 aromatic carbocycles. The van der Waals surface area contributed by atoms with Crippen molar-refractivity contribution in [2.75, 3.05) is 6.61 Å². The topological polar surface area (TPSA) is 59.2 Å². The smallest absolute Gasteiger partial charge is 0.226 e. The molecule has 2 aromatic rings. The summed E-state index contributed by atoms with van der Waals surface area (Å²) in [6, 6.07) is 7.59. The van der Waals surface area contributed by atoms with Crippen LogP contribution in [0.25, 0.3) is 0 Å². The van der Waals surface area contributed by atoms with Gasteiger partial charge >= 0.3 is 0 Å². The lowest BCUT2D eigenvalue weighted by Gasteiger charge is -1.96. The number of hydrogen-bond acceptors (Lipinski definition) is 4. The molecule has 5 heteroatoms. The van der Waals surface area contributed by atoms with Gasteiger partial charge in [-0.25, -0.2) is 0 Å². The van der Waals surface area contributed by atoms with Crippen LogP contribution in [0.5, 0.6) is 0 Å². The molecule has 0 bridgehead atoms. The second-order valence-corrected chi connectivity index (χ2v) is 4.52. The van der Waals surface area contributed by atoms with Crippen molar-refractivity contribution >= 4 is 11.6 Å². The van der Waals surface area contributed by atoms with Crippen LogP contribution in [0.1, 0.15) is 30.1 Å². The van der Waals surface area contributed by atoms with Crippen LogP contribution >= 0.6 is 11.6 Å². The van der Waals surface area contributed by atoms with Crippen LogP contribution < -0.4 is 0 Å².